The number of imidazole rings is 1. The molecule has 0 radical (unpaired) electrons. The number of rotatable bonds is 4. The van der Waals surface area contributed by atoms with Crippen molar-refractivity contribution < 1.29 is 0 Å². The van der Waals surface area contributed by atoms with E-state index in [1.54, 1.807) is 11.0 Å². The highest BCUT2D eigenvalue weighted by Gasteiger charge is 2.14. The Hall–Kier alpha value is -1.86. The molecule has 3 aromatic heterocycles. The second-order valence-corrected chi connectivity index (χ2v) is 5.06. The van der Waals surface area contributed by atoms with Gasteiger partial charge >= 0.3 is 0 Å². The molecule has 0 atom stereocenters. The molecule has 3 rings (SSSR count). The Kier molecular flexibility index (Phi) is 3.22. The Bertz CT molecular complexity index is 701. The maximum absolute atomic E-state index is 5.70. The molecule has 7 heteroatoms. The molecule has 2 N–H and O–H groups in total. The fourth-order valence-electron chi connectivity index (χ4n) is 1.94. The van der Waals surface area contributed by atoms with Crippen LogP contribution in [-0.2, 0) is 13.5 Å². The lowest BCUT2D eigenvalue weighted by Crippen LogP contribution is -2.06. The van der Waals surface area contributed by atoms with Crippen LogP contribution in [0.2, 0.25) is 0 Å². The summed E-state index contributed by atoms with van der Waals surface area (Å²) in [5.74, 6) is 0. The number of nitrogens with zero attached hydrogens (tertiary/aromatic N) is 5. The van der Waals surface area contributed by atoms with Gasteiger partial charge in [-0.05, 0) is 30.4 Å². The largest absolute Gasteiger partial charge is 0.330 e. The van der Waals surface area contributed by atoms with Gasteiger partial charge in [-0.1, -0.05) is 6.07 Å². The summed E-state index contributed by atoms with van der Waals surface area (Å²) in [5, 5.41) is 5.83. The van der Waals surface area contributed by atoms with Gasteiger partial charge in [0.25, 0.3) is 0 Å². The third kappa shape index (κ3) is 2.22. The van der Waals surface area contributed by atoms with E-state index < -0.39 is 0 Å². The van der Waals surface area contributed by atoms with Crippen LogP contribution in [0.1, 0.15) is 5.69 Å². The molecule has 0 aliphatic carbocycles. The van der Waals surface area contributed by atoms with Crippen molar-refractivity contribution in [1.82, 2.24) is 24.1 Å². The van der Waals surface area contributed by atoms with Crippen molar-refractivity contribution in [3.63, 3.8) is 0 Å². The topological polar surface area (TPSA) is 74.0 Å². The van der Waals surface area contributed by atoms with E-state index in [0.29, 0.717) is 6.54 Å². The summed E-state index contributed by atoms with van der Waals surface area (Å²) in [6, 6.07) is 5.96. The lowest BCUT2D eigenvalue weighted by atomic mass is 10.3. The summed E-state index contributed by atoms with van der Waals surface area (Å²) in [6.45, 7) is 0.592. The number of aryl methyl sites for hydroxylation is 1. The lowest BCUT2D eigenvalue weighted by Gasteiger charge is -2.02. The minimum Gasteiger partial charge on any atom is -0.330 e. The lowest BCUT2D eigenvalue weighted by molar-refractivity contribution is 0.684. The molecule has 0 fully saturated rings. The molecule has 0 aliphatic rings. The molecule has 0 saturated carbocycles. The van der Waals surface area contributed by atoms with Crippen LogP contribution >= 0.6 is 11.8 Å². The fraction of sp³-hybridized carbons (Fsp3) is 0.250. The molecule has 0 saturated heterocycles. The zero-order valence-corrected chi connectivity index (χ0v) is 11.3. The Balaban J connectivity index is 2.07. The van der Waals surface area contributed by atoms with Gasteiger partial charge in [0.15, 0.2) is 5.16 Å². The summed E-state index contributed by atoms with van der Waals surface area (Å²) in [5.41, 5.74) is 7.74. The van der Waals surface area contributed by atoms with Gasteiger partial charge in [0.05, 0.1) is 5.69 Å². The third-order valence-electron chi connectivity index (χ3n) is 2.83. The van der Waals surface area contributed by atoms with Gasteiger partial charge in [-0.25, -0.2) is 14.6 Å². The number of hydrogen-bond acceptors (Lipinski definition) is 5. The molecule has 0 amide bonds. The quantitative estimate of drug-likeness (QED) is 0.771. The van der Waals surface area contributed by atoms with E-state index in [9.17, 15) is 0 Å². The second kappa shape index (κ2) is 5.02. The van der Waals surface area contributed by atoms with E-state index in [0.717, 1.165) is 27.9 Å². The predicted octanol–water partition coefficient (Wildman–Crippen LogP) is 1.12. The molecule has 6 nitrogen and oxygen atoms in total. The second-order valence-electron chi connectivity index (χ2n) is 4.10. The van der Waals surface area contributed by atoms with Crippen LogP contribution < -0.4 is 5.73 Å². The minimum atomic E-state index is 0.592. The molecule has 19 heavy (non-hydrogen) atoms. The van der Waals surface area contributed by atoms with Gasteiger partial charge in [-0.15, -0.1) is 0 Å². The van der Waals surface area contributed by atoms with Crippen LogP contribution in [0.25, 0.3) is 5.65 Å². The number of pyridine rings is 1. The van der Waals surface area contributed by atoms with E-state index in [2.05, 4.69) is 19.5 Å². The molecular weight excluding hydrogens is 260 g/mol. The Morgan fingerprint density at radius 2 is 2.26 bits per heavy atom. The number of nitrogens with two attached hydrogens (primary N) is 1. The molecule has 0 spiro atoms. The van der Waals surface area contributed by atoms with Crippen LogP contribution in [0.15, 0.2) is 40.9 Å². The van der Waals surface area contributed by atoms with Crippen LogP contribution in [0.4, 0.5) is 0 Å². The molecular formula is C12H14N6S. The van der Waals surface area contributed by atoms with Crippen molar-refractivity contribution in [2.75, 3.05) is 6.54 Å². The summed E-state index contributed by atoms with van der Waals surface area (Å²) in [7, 11) is 1.87. The fourth-order valence-corrected chi connectivity index (χ4v) is 2.84. The highest BCUT2D eigenvalue weighted by Crippen LogP contribution is 2.28. The van der Waals surface area contributed by atoms with Crippen molar-refractivity contribution in [3.8, 4) is 0 Å². The van der Waals surface area contributed by atoms with E-state index >= 15 is 0 Å². The maximum atomic E-state index is 5.70. The normalized spacial score (nSPS) is 11.3. The maximum Gasteiger partial charge on any atom is 0.192 e. The van der Waals surface area contributed by atoms with Crippen LogP contribution in [0.3, 0.4) is 0 Å². The molecule has 0 aromatic carbocycles. The summed E-state index contributed by atoms with van der Waals surface area (Å²) >= 11 is 1.52. The van der Waals surface area contributed by atoms with Gasteiger partial charge in [0.2, 0.25) is 0 Å². The van der Waals surface area contributed by atoms with Crippen LogP contribution in [-0.4, -0.2) is 30.7 Å². The zero-order chi connectivity index (χ0) is 13.2. The van der Waals surface area contributed by atoms with Crippen molar-refractivity contribution in [2.24, 2.45) is 12.8 Å². The molecule has 0 unspecified atom stereocenters. The first kappa shape index (κ1) is 12.2. The first-order chi connectivity index (χ1) is 9.29. The molecule has 0 bridgehead atoms. The van der Waals surface area contributed by atoms with Gasteiger partial charge in [0, 0.05) is 19.7 Å². The Morgan fingerprint density at radius 3 is 3.00 bits per heavy atom. The average Bonchev–Trinajstić information content (AvgIpc) is 2.96. The molecule has 0 aliphatic heterocycles. The first-order valence-corrected chi connectivity index (χ1v) is 6.79. The minimum absolute atomic E-state index is 0.592. The van der Waals surface area contributed by atoms with Crippen LogP contribution in [0, 0.1) is 0 Å². The predicted molar refractivity (Wildman–Crippen MR) is 73.1 cm³/mol. The van der Waals surface area contributed by atoms with Gasteiger partial charge < -0.3 is 10.1 Å². The highest BCUT2D eigenvalue weighted by molar-refractivity contribution is 7.99. The summed E-state index contributed by atoms with van der Waals surface area (Å²) in [6.07, 6.45) is 4.33. The standard InChI is InChI=1S/C12H14N6S/c1-17-12(14-8-15-17)19-11-9(5-6-13)18-7-3-2-4-10(18)16-11/h2-4,7-8H,5-6,13H2,1H3. The molecule has 3 aromatic rings. The van der Waals surface area contributed by atoms with Crippen molar-refractivity contribution in [1.29, 1.82) is 0 Å². The summed E-state index contributed by atoms with van der Waals surface area (Å²) < 4.78 is 3.81. The average molecular weight is 274 g/mol. The highest BCUT2D eigenvalue weighted by atomic mass is 32.2. The van der Waals surface area contributed by atoms with E-state index in [4.69, 9.17) is 5.73 Å². The zero-order valence-electron chi connectivity index (χ0n) is 10.5. The van der Waals surface area contributed by atoms with Gasteiger partial charge in [0.1, 0.15) is 17.0 Å². The molecule has 3 heterocycles. The Labute approximate surface area is 114 Å². The van der Waals surface area contributed by atoms with Crippen molar-refractivity contribution >= 4 is 17.4 Å². The number of fused-ring (bicyclic) bond motifs is 1. The molecule has 98 valence electrons. The van der Waals surface area contributed by atoms with Crippen molar-refractivity contribution in [2.45, 2.75) is 16.6 Å². The van der Waals surface area contributed by atoms with Crippen LogP contribution in [0.5, 0.6) is 0 Å². The van der Waals surface area contributed by atoms with Crippen molar-refractivity contribution in [3.05, 3.63) is 36.4 Å². The first-order valence-electron chi connectivity index (χ1n) is 5.97. The third-order valence-corrected chi connectivity index (χ3v) is 3.90. The SMILES string of the molecule is Cn1ncnc1Sc1nc2ccccn2c1CCN. The van der Waals surface area contributed by atoms with E-state index in [-0.39, 0.29) is 0 Å². The number of aromatic nitrogens is 5. The Morgan fingerprint density at radius 1 is 1.37 bits per heavy atom. The monoisotopic (exact) mass is 274 g/mol. The van der Waals surface area contributed by atoms with Gasteiger partial charge in [-0.2, -0.15) is 5.10 Å². The summed E-state index contributed by atoms with van der Waals surface area (Å²) in [4.78, 5) is 8.85. The number of hydrogen-bond donors (Lipinski definition) is 1. The van der Waals surface area contributed by atoms with E-state index in [1.807, 2.05) is 31.4 Å². The smallest absolute Gasteiger partial charge is 0.192 e. The van der Waals surface area contributed by atoms with Gasteiger partial charge in [-0.3, -0.25) is 0 Å². The van der Waals surface area contributed by atoms with E-state index in [1.165, 1.54) is 11.8 Å².